The molecule has 0 unspecified atom stereocenters. The van der Waals surface area contributed by atoms with Crippen molar-refractivity contribution in [2.45, 2.75) is 0 Å². The van der Waals surface area contributed by atoms with E-state index in [2.05, 4.69) is 14.7 Å². The number of aromatic amines is 2. The van der Waals surface area contributed by atoms with Crippen molar-refractivity contribution in [3.05, 3.63) is 45.5 Å². The third-order valence-electron chi connectivity index (χ3n) is 2.23. The van der Waals surface area contributed by atoms with Gasteiger partial charge in [-0.1, -0.05) is 23.7 Å². The molecule has 1 heterocycles. The van der Waals surface area contributed by atoms with Gasteiger partial charge in [0.05, 0.1) is 12.8 Å². The highest BCUT2D eigenvalue weighted by Gasteiger charge is 2.17. The molecule has 2 rings (SSSR count). The summed E-state index contributed by atoms with van der Waals surface area (Å²) in [4.78, 5) is 27.6. The number of esters is 1. The first kappa shape index (κ1) is 11.5. The summed E-state index contributed by atoms with van der Waals surface area (Å²) in [5.41, 5.74) is 0.612. The molecule has 0 spiro atoms. The van der Waals surface area contributed by atoms with Gasteiger partial charge in [0.2, 0.25) is 0 Å². The van der Waals surface area contributed by atoms with Crippen molar-refractivity contribution >= 4 is 17.6 Å². The zero-order valence-corrected chi connectivity index (χ0v) is 9.67. The van der Waals surface area contributed by atoms with Crippen molar-refractivity contribution in [3.8, 4) is 11.3 Å². The molecule has 17 heavy (non-hydrogen) atoms. The van der Waals surface area contributed by atoms with Gasteiger partial charge in [-0.05, 0) is 12.1 Å². The molecule has 5 nitrogen and oxygen atoms in total. The van der Waals surface area contributed by atoms with Crippen LogP contribution in [-0.4, -0.2) is 23.0 Å². The molecule has 0 bridgehead atoms. The highest BCUT2D eigenvalue weighted by molar-refractivity contribution is 6.30. The van der Waals surface area contributed by atoms with Gasteiger partial charge in [-0.25, -0.2) is 9.59 Å². The van der Waals surface area contributed by atoms with E-state index in [-0.39, 0.29) is 5.69 Å². The number of H-pyrrole nitrogens is 2. The number of halogens is 1. The number of imidazole rings is 1. The predicted molar refractivity (Wildman–Crippen MR) is 63.2 cm³/mol. The minimum absolute atomic E-state index is 0.0831. The average Bonchev–Trinajstić information content (AvgIpc) is 2.70. The molecule has 2 aromatic rings. The van der Waals surface area contributed by atoms with Gasteiger partial charge in [0.1, 0.15) is 0 Å². The highest BCUT2D eigenvalue weighted by atomic mass is 35.5. The number of rotatable bonds is 2. The van der Waals surface area contributed by atoms with Crippen LogP contribution in [0.4, 0.5) is 0 Å². The smallest absolute Gasteiger partial charge is 0.356 e. The van der Waals surface area contributed by atoms with E-state index >= 15 is 0 Å². The highest BCUT2D eigenvalue weighted by Crippen LogP contribution is 2.22. The second-order valence-electron chi connectivity index (χ2n) is 3.33. The van der Waals surface area contributed by atoms with Gasteiger partial charge in [0.25, 0.3) is 0 Å². The molecule has 0 saturated heterocycles. The molecule has 0 fully saturated rings. The average molecular weight is 253 g/mol. The van der Waals surface area contributed by atoms with Gasteiger partial charge in [-0.3, -0.25) is 4.98 Å². The van der Waals surface area contributed by atoms with E-state index in [0.717, 1.165) is 0 Å². The number of ether oxygens (including phenoxy) is 1. The third kappa shape index (κ3) is 2.24. The van der Waals surface area contributed by atoms with Crippen LogP contribution in [0.25, 0.3) is 11.3 Å². The zero-order valence-electron chi connectivity index (χ0n) is 8.91. The van der Waals surface area contributed by atoms with Crippen LogP contribution in [0.15, 0.2) is 29.1 Å². The predicted octanol–water partition coefficient (Wildman–Crippen LogP) is 1.81. The lowest BCUT2D eigenvalue weighted by atomic mass is 10.1. The number of methoxy groups -OCH3 is 1. The minimum atomic E-state index is -0.613. The molecule has 88 valence electrons. The van der Waals surface area contributed by atoms with E-state index in [0.29, 0.717) is 16.3 Å². The molecule has 2 N–H and O–H groups in total. The number of aromatic nitrogens is 2. The van der Waals surface area contributed by atoms with E-state index in [1.165, 1.54) is 7.11 Å². The summed E-state index contributed by atoms with van der Waals surface area (Å²) in [5.74, 6) is -0.613. The van der Waals surface area contributed by atoms with Crippen LogP contribution >= 0.6 is 11.6 Å². The second-order valence-corrected chi connectivity index (χ2v) is 3.77. The van der Waals surface area contributed by atoms with E-state index in [9.17, 15) is 9.59 Å². The maximum Gasteiger partial charge on any atom is 0.356 e. The van der Waals surface area contributed by atoms with Gasteiger partial charge in [0.15, 0.2) is 5.69 Å². The summed E-state index contributed by atoms with van der Waals surface area (Å²) in [6.45, 7) is 0. The van der Waals surface area contributed by atoms with Crippen molar-refractivity contribution < 1.29 is 9.53 Å². The number of hydrogen-bond acceptors (Lipinski definition) is 3. The molecule has 0 amide bonds. The fourth-order valence-corrected chi connectivity index (χ4v) is 1.69. The molecular weight excluding hydrogens is 244 g/mol. The van der Waals surface area contributed by atoms with Crippen LogP contribution in [0.3, 0.4) is 0 Å². The van der Waals surface area contributed by atoms with E-state index < -0.39 is 11.7 Å². The Balaban J connectivity index is 2.59. The van der Waals surface area contributed by atoms with Crippen molar-refractivity contribution in [3.63, 3.8) is 0 Å². The minimum Gasteiger partial charge on any atom is -0.464 e. The summed E-state index contributed by atoms with van der Waals surface area (Å²) in [6.07, 6.45) is 0. The number of carbonyl (C=O) groups is 1. The first-order valence-electron chi connectivity index (χ1n) is 4.78. The molecule has 0 aliphatic rings. The van der Waals surface area contributed by atoms with Gasteiger partial charge in [-0.15, -0.1) is 0 Å². The van der Waals surface area contributed by atoms with Crippen LogP contribution < -0.4 is 5.69 Å². The number of carbonyl (C=O) groups excluding carboxylic acids is 1. The lowest BCUT2D eigenvalue weighted by Gasteiger charge is -2.02. The summed E-state index contributed by atoms with van der Waals surface area (Å²) < 4.78 is 4.58. The van der Waals surface area contributed by atoms with Crippen LogP contribution in [0.2, 0.25) is 5.02 Å². The number of benzene rings is 1. The van der Waals surface area contributed by atoms with Crippen molar-refractivity contribution in [2.24, 2.45) is 0 Å². The molecule has 1 aromatic carbocycles. The maximum absolute atomic E-state index is 11.5. The molecule has 0 aliphatic carbocycles. The topological polar surface area (TPSA) is 75.0 Å². The van der Waals surface area contributed by atoms with E-state index in [1.807, 2.05) is 0 Å². The molecule has 0 saturated carbocycles. The standard InChI is InChI=1S/C11H9ClN2O3/c1-17-10(15)9-8(13-11(16)14-9)6-3-2-4-7(12)5-6/h2-5H,1H3,(H2,13,14,16). The Labute approximate surface area is 101 Å². The van der Waals surface area contributed by atoms with Crippen molar-refractivity contribution in [2.75, 3.05) is 7.11 Å². The SMILES string of the molecule is COC(=O)c1[nH]c(=O)[nH]c1-c1cccc(Cl)c1. The summed E-state index contributed by atoms with van der Waals surface area (Å²) in [5, 5.41) is 0.514. The van der Waals surface area contributed by atoms with Gasteiger partial charge < -0.3 is 9.72 Å². The van der Waals surface area contributed by atoms with E-state index in [4.69, 9.17) is 11.6 Å². The van der Waals surface area contributed by atoms with Crippen LogP contribution in [-0.2, 0) is 4.74 Å². The van der Waals surface area contributed by atoms with Crippen LogP contribution in [0.1, 0.15) is 10.5 Å². The summed E-state index contributed by atoms with van der Waals surface area (Å²) in [7, 11) is 1.25. The van der Waals surface area contributed by atoms with Gasteiger partial charge in [-0.2, -0.15) is 0 Å². The largest absolute Gasteiger partial charge is 0.464 e. The molecular formula is C11H9ClN2O3. The number of hydrogen-bond donors (Lipinski definition) is 2. The first-order valence-corrected chi connectivity index (χ1v) is 5.16. The zero-order chi connectivity index (χ0) is 12.4. The fourth-order valence-electron chi connectivity index (χ4n) is 1.50. The Morgan fingerprint density at radius 3 is 2.76 bits per heavy atom. The Bertz CT molecular complexity index is 615. The lowest BCUT2D eigenvalue weighted by molar-refractivity contribution is 0.0595. The monoisotopic (exact) mass is 252 g/mol. The number of nitrogens with one attached hydrogen (secondary N) is 2. The molecule has 6 heteroatoms. The maximum atomic E-state index is 11.5. The Hall–Kier alpha value is -2.01. The van der Waals surface area contributed by atoms with Crippen molar-refractivity contribution in [1.82, 2.24) is 9.97 Å². The van der Waals surface area contributed by atoms with Gasteiger partial charge >= 0.3 is 11.7 Å². The normalized spacial score (nSPS) is 10.2. The van der Waals surface area contributed by atoms with E-state index in [1.54, 1.807) is 24.3 Å². The fraction of sp³-hybridized carbons (Fsp3) is 0.0909. The molecule has 0 atom stereocenters. The quantitative estimate of drug-likeness (QED) is 0.801. The first-order chi connectivity index (χ1) is 8.11. The molecule has 0 aliphatic heterocycles. The van der Waals surface area contributed by atoms with Gasteiger partial charge in [0, 0.05) is 10.6 Å². The second kappa shape index (κ2) is 4.47. The lowest BCUT2D eigenvalue weighted by Crippen LogP contribution is -2.06. The van der Waals surface area contributed by atoms with Crippen LogP contribution in [0.5, 0.6) is 0 Å². The summed E-state index contributed by atoms with van der Waals surface area (Å²) >= 11 is 5.85. The van der Waals surface area contributed by atoms with Crippen molar-refractivity contribution in [1.29, 1.82) is 0 Å². The third-order valence-corrected chi connectivity index (χ3v) is 2.46. The summed E-state index contributed by atoms with van der Waals surface area (Å²) in [6, 6.07) is 6.81. The molecule has 1 aromatic heterocycles. The Kier molecular flexibility index (Phi) is 3.01. The molecule has 0 radical (unpaired) electrons. The Morgan fingerprint density at radius 1 is 1.35 bits per heavy atom. The van der Waals surface area contributed by atoms with Crippen LogP contribution in [0, 0.1) is 0 Å². The Morgan fingerprint density at radius 2 is 2.12 bits per heavy atom.